The minimum atomic E-state index is 0.363. The van der Waals surface area contributed by atoms with E-state index in [2.05, 4.69) is 30.8 Å². The van der Waals surface area contributed by atoms with Gasteiger partial charge in [0.25, 0.3) is 0 Å². The van der Waals surface area contributed by atoms with Crippen LogP contribution in [0, 0.1) is 18.8 Å². The molecule has 0 aliphatic carbocycles. The summed E-state index contributed by atoms with van der Waals surface area (Å²) in [5, 5.41) is 0. The maximum atomic E-state index is 5.75. The zero-order valence-electron chi connectivity index (χ0n) is 11.3. The molecule has 1 rings (SSSR count). The minimum Gasteiger partial charge on any atom is -0.493 e. The normalized spacial score (nSPS) is 10.1. The van der Waals surface area contributed by atoms with E-state index in [0.29, 0.717) is 5.88 Å². The lowest BCUT2D eigenvalue weighted by Gasteiger charge is -2.12. The number of ether oxygens (including phenoxy) is 1. The Bertz CT molecular complexity index is 432. The number of aryl methyl sites for hydroxylation is 1. The number of nitrogens with zero attached hydrogens (tertiary/aromatic N) is 1. The van der Waals surface area contributed by atoms with Gasteiger partial charge in [0, 0.05) is 12.1 Å². The molecule has 0 aliphatic heterocycles. The number of benzene rings is 1. The summed E-state index contributed by atoms with van der Waals surface area (Å²) in [4.78, 5) is 2.15. The van der Waals surface area contributed by atoms with Crippen molar-refractivity contribution in [3.8, 4) is 17.6 Å². The van der Waals surface area contributed by atoms with Gasteiger partial charge in [-0.1, -0.05) is 11.8 Å². The minimum absolute atomic E-state index is 0.363. The summed E-state index contributed by atoms with van der Waals surface area (Å²) in [6, 6.07) is 5.97. The maximum absolute atomic E-state index is 5.75. The van der Waals surface area contributed by atoms with Crippen LogP contribution in [0.3, 0.4) is 0 Å². The lowest BCUT2D eigenvalue weighted by Crippen LogP contribution is -2.15. The largest absolute Gasteiger partial charge is 0.493 e. The Labute approximate surface area is 115 Å². The zero-order chi connectivity index (χ0) is 13.4. The molecule has 18 heavy (non-hydrogen) atoms. The standard InChI is InChI=1S/C15H20ClNO/c1-13-12-14(6-4-9-16)7-8-15(13)18-11-5-10-17(2)3/h7-8,12H,5,9-11H2,1-3H3. The van der Waals surface area contributed by atoms with Gasteiger partial charge in [-0.2, -0.15) is 0 Å². The van der Waals surface area contributed by atoms with Gasteiger partial charge in [0.15, 0.2) is 0 Å². The van der Waals surface area contributed by atoms with Crippen molar-refractivity contribution >= 4 is 11.6 Å². The van der Waals surface area contributed by atoms with E-state index in [-0.39, 0.29) is 0 Å². The van der Waals surface area contributed by atoms with Crippen molar-refractivity contribution in [2.75, 3.05) is 33.1 Å². The molecule has 3 heteroatoms. The Morgan fingerprint density at radius 3 is 2.72 bits per heavy atom. The summed E-state index contributed by atoms with van der Waals surface area (Å²) in [5.74, 6) is 7.14. The number of rotatable bonds is 5. The Balaban J connectivity index is 2.52. The summed E-state index contributed by atoms with van der Waals surface area (Å²) in [7, 11) is 4.13. The van der Waals surface area contributed by atoms with E-state index < -0.39 is 0 Å². The predicted octanol–water partition coefficient (Wildman–Crippen LogP) is 2.92. The number of halogens is 1. The van der Waals surface area contributed by atoms with Crippen molar-refractivity contribution in [2.24, 2.45) is 0 Å². The first kappa shape index (κ1) is 14.9. The molecule has 0 saturated heterocycles. The molecule has 0 unspecified atom stereocenters. The van der Waals surface area contributed by atoms with Crippen LogP contribution in [0.15, 0.2) is 18.2 Å². The van der Waals surface area contributed by atoms with Crippen LogP contribution in [-0.4, -0.2) is 38.0 Å². The molecular weight excluding hydrogens is 246 g/mol. The second-order valence-electron chi connectivity index (χ2n) is 4.42. The third-order valence-electron chi connectivity index (χ3n) is 2.48. The summed E-state index contributed by atoms with van der Waals surface area (Å²) in [5.41, 5.74) is 2.09. The quantitative estimate of drug-likeness (QED) is 0.461. The number of alkyl halides is 1. The molecule has 0 radical (unpaired) electrons. The molecule has 0 fully saturated rings. The van der Waals surface area contributed by atoms with Crippen molar-refractivity contribution in [2.45, 2.75) is 13.3 Å². The van der Waals surface area contributed by atoms with E-state index in [1.54, 1.807) is 0 Å². The molecule has 0 heterocycles. The van der Waals surface area contributed by atoms with E-state index in [0.717, 1.165) is 36.4 Å². The highest BCUT2D eigenvalue weighted by molar-refractivity contribution is 6.19. The van der Waals surface area contributed by atoms with Gasteiger partial charge in [0.1, 0.15) is 5.75 Å². The SMILES string of the molecule is Cc1cc(C#CCCl)ccc1OCCCN(C)C. The first-order valence-electron chi connectivity index (χ1n) is 6.06. The van der Waals surface area contributed by atoms with Gasteiger partial charge in [-0.05, 0) is 51.2 Å². The molecule has 98 valence electrons. The topological polar surface area (TPSA) is 12.5 Å². The Kier molecular flexibility index (Phi) is 6.64. The average Bonchev–Trinajstić information content (AvgIpc) is 2.33. The van der Waals surface area contributed by atoms with Crippen LogP contribution in [0.2, 0.25) is 0 Å². The molecule has 2 nitrogen and oxygen atoms in total. The molecule has 0 aliphatic rings. The van der Waals surface area contributed by atoms with Crippen LogP contribution < -0.4 is 4.74 Å². The van der Waals surface area contributed by atoms with Gasteiger partial charge in [-0.15, -0.1) is 11.6 Å². The third-order valence-corrected chi connectivity index (χ3v) is 2.62. The third kappa shape index (κ3) is 5.44. The fourth-order valence-electron chi connectivity index (χ4n) is 1.59. The van der Waals surface area contributed by atoms with Crippen molar-refractivity contribution in [3.63, 3.8) is 0 Å². The van der Waals surface area contributed by atoms with E-state index >= 15 is 0 Å². The van der Waals surface area contributed by atoms with Crippen LogP contribution in [0.4, 0.5) is 0 Å². The molecule has 0 spiro atoms. The fraction of sp³-hybridized carbons (Fsp3) is 0.467. The monoisotopic (exact) mass is 265 g/mol. The second kappa shape index (κ2) is 8.02. The first-order chi connectivity index (χ1) is 8.63. The Morgan fingerprint density at radius 2 is 2.11 bits per heavy atom. The summed E-state index contributed by atoms with van der Waals surface area (Å²) < 4.78 is 5.75. The second-order valence-corrected chi connectivity index (χ2v) is 4.69. The van der Waals surface area contributed by atoms with Crippen LogP contribution >= 0.6 is 11.6 Å². The smallest absolute Gasteiger partial charge is 0.122 e. The van der Waals surface area contributed by atoms with Gasteiger partial charge < -0.3 is 9.64 Å². The molecule has 0 amide bonds. The summed E-state index contributed by atoms with van der Waals surface area (Å²) in [6.45, 7) is 3.82. The van der Waals surface area contributed by atoms with Crippen molar-refractivity contribution in [3.05, 3.63) is 29.3 Å². The van der Waals surface area contributed by atoms with Gasteiger partial charge in [0.2, 0.25) is 0 Å². The summed E-state index contributed by atoms with van der Waals surface area (Å²) >= 11 is 5.53. The molecule has 0 aromatic heterocycles. The molecule has 1 aromatic carbocycles. The number of hydrogen-bond donors (Lipinski definition) is 0. The molecule has 0 bridgehead atoms. The van der Waals surface area contributed by atoms with E-state index in [1.165, 1.54) is 0 Å². The highest BCUT2D eigenvalue weighted by Gasteiger charge is 2.00. The van der Waals surface area contributed by atoms with Gasteiger partial charge in [-0.3, -0.25) is 0 Å². The molecular formula is C15H20ClNO. The van der Waals surface area contributed by atoms with Gasteiger partial charge >= 0.3 is 0 Å². The first-order valence-corrected chi connectivity index (χ1v) is 6.60. The van der Waals surface area contributed by atoms with Crippen molar-refractivity contribution in [1.29, 1.82) is 0 Å². The van der Waals surface area contributed by atoms with E-state index in [4.69, 9.17) is 16.3 Å². The van der Waals surface area contributed by atoms with Crippen LogP contribution in [-0.2, 0) is 0 Å². The average molecular weight is 266 g/mol. The summed E-state index contributed by atoms with van der Waals surface area (Å²) in [6.07, 6.45) is 1.03. The van der Waals surface area contributed by atoms with Gasteiger partial charge in [0.05, 0.1) is 12.5 Å². The molecule has 1 aromatic rings. The zero-order valence-corrected chi connectivity index (χ0v) is 12.0. The van der Waals surface area contributed by atoms with Crippen LogP contribution in [0.5, 0.6) is 5.75 Å². The molecule has 0 atom stereocenters. The van der Waals surface area contributed by atoms with E-state index in [1.807, 2.05) is 25.1 Å². The molecule has 0 N–H and O–H groups in total. The highest BCUT2D eigenvalue weighted by Crippen LogP contribution is 2.18. The fourth-order valence-corrected chi connectivity index (χ4v) is 1.65. The Hall–Kier alpha value is -1.17. The maximum Gasteiger partial charge on any atom is 0.122 e. The predicted molar refractivity (Wildman–Crippen MR) is 77.4 cm³/mol. The van der Waals surface area contributed by atoms with Crippen molar-refractivity contribution < 1.29 is 4.74 Å². The Morgan fingerprint density at radius 1 is 1.33 bits per heavy atom. The van der Waals surface area contributed by atoms with Gasteiger partial charge in [-0.25, -0.2) is 0 Å². The van der Waals surface area contributed by atoms with Crippen molar-refractivity contribution in [1.82, 2.24) is 4.90 Å². The molecule has 0 saturated carbocycles. The van der Waals surface area contributed by atoms with Crippen LogP contribution in [0.1, 0.15) is 17.5 Å². The highest BCUT2D eigenvalue weighted by atomic mass is 35.5. The lowest BCUT2D eigenvalue weighted by molar-refractivity contribution is 0.280. The lowest BCUT2D eigenvalue weighted by atomic mass is 10.1. The van der Waals surface area contributed by atoms with Crippen LogP contribution in [0.25, 0.3) is 0 Å². The van der Waals surface area contributed by atoms with E-state index in [9.17, 15) is 0 Å². The number of hydrogen-bond acceptors (Lipinski definition) is 2.